The van der Waals surface area contributed by atoms with Crippen molar-refractivity contribution in [1.82, 2.24) is 9.55 Å². The minimum atomic E-state index is -0.0864. The van der Waals surface area contributed by atoms with E-state index in [0.717, 1.165) is 39.7 Å². The molecule has 0 spiro atoms. The maximum Gasteiger partial charge on any atom is 0.172 e. The van der Waals surface area contributed by atoms with Crippen molar-refractivity contribution in [3.8, 4) is 5.69 Å². The molecule has 28 heavy (non-hydrogen) atoms. The topological polar surface area (TPSA) is 120 Å². The second-order valence-electron chi connectivity index (χ2n) is 8.22. The molecule has 0 saturated heterocycles. The third-order valence-electron chi connectivity index (χ3n) is 5.42. The lowest BCUT2D eigenvalue weighted by molar-refractivity contribution is 0.0910. The average molecular weight is 377 g/mol. The summed E-state index contributed by atoms with van der Waals surface area (Å²) in [6, 6.07) is 5.76. The number of benzene rings is 1. The fourth-order valence-electron chi connectivity index (χ4n) is 4.17. The summed E-state index contributed by atoms with van der Waals surface area (Å²) in [6.07, 6.45) is 4.86. The maximum atomic E-state index is 12.7. The molecule has 4 rings (SSSR count). The number of fused-ring (bicyclic) bond motifs is 2. The molecule has 144 valence electrons. The van der Waals surface area contributed by atoms with Crippen molar-refractivity contribution >= 4 is 28.2 Å². The van der Waals surface area contributed by atoms with E-state index < -0.39 is 0 Å². The summed E-state index contributed by atoms with van der Waals surface area (Å²) in [7, 11) is 0. The van der Waals surface area contributed by atoms with Gasteiger partial charge >= 0.3 is 0 Å². The Morgan fingerprint density at radius 2 is 2.04 bits per heavy atom. The second-order valence-corrected chi connectivity index (χ2v) is 8.22. The number of rotatable bonds is 2. The van der Waals surface area contributed by atoms with E-state index in [1.807, 2.05) is 31.3 Å². The largest absolute Gasteiger partial charge is 0.409 e. The van der Waals surface area contributed by atoms with E-state index in [4.69, 9.17) is 16.7 Å². The standard InChI is InChI=1S/C21H23N5O2/c1-11-10-26(16-7-21(2,3)8-17(27)18(11)16)12-4-5-13-14(6-12)15(20(23)25-28)9-24-19(13)22/h4-6,9-10,28H,7-8H2,1-3H3,(H2,22,24)(H2,23,25). The molecule has 0 bridgehead atoms. The molecule has 0 atom stereocenters. The van der Waals surface area contributed by atoms with Crippen LogP contribution in [0.1, 0.15) is 47.4 Å². The summed E-state index contributed by atoms with van der Waals surface area (Å²) in [6.45, 7) is 6.20. The highest BCUT2D eigenvalue weighted by molar-refractivity contribution is 6.11. The zero-order chi connectivity index (χ0) is 20.2. The van der Waals surface area contributed by atoms with Gasteiger partial charge in [0.05, 0.1) is 0 Å². The molecule has 0 saturated carbocycles. The van der Waals surface area contributed by atoms with E-state index in [-0.39, 0.29) is 17.0 Å². The van der Waals surface area contributed by atoms with Crippen molar-refractivity contribution in [2.75, 3.05) is 5.73 Å². The van der Waals surface area contributed by atoms with E-state index in [0.29, 0.717) is 17.8 Å². The Balaban J connectivity index is 1.97. The molecule has 0 fully saturated rings. The van der Waals surface area contributed by atoms with Gasteiger partial charge < -0.3 is 21.2 Å². The zero-order valence-electron chi connectivity index (χ0n) is 16.2. The summed E-state index contributed by atoms with van der Waals surface area (Å²) in [5, 5.41) is 13.7. The molecule has 0 radical (unpaired) electrons. The van der Waals surface area contributed by atoms with Gasteiger partial charge in [-0.05, 0) is 42.5 Å². The van der Waals surface area contributed by atoms with Gasteiger partial charge in [-0.1, -0.05) is 19.0 Å². The average Bonchev–Trinajstić information content (AvgIpc) is 2.96. The molecule has 0 unspecified atom stereocenters. The van der Waals surface area contributed by atoms with Gasteiger partial charge in [-0.2, -0.15) is 0 Å². The van der Waals surface area contributed by atoms with Gasteiger partial charge in [0.25, 0.3) is 0 Å². The molecular weight excluding hydrogens is 354 g/mol. The van der Waals surface area contributed by atoms with Gasteiger partial charge in [-0.25, -0.2) is 4.98 Å². The summed E-state index contributed by atoms with van der Waals surface area (Å²) in [4.78, 5) is 16.8. The van der Waals surface area contributed by atoms with E-state index in [9.17, 15) is 4.79 Å². The van der Waals surface area contributed by atoms with Crippen LogP contribution in [0.2, 0.25) is 0 Å². The summed E-state index contributed by atoms with van der Waals surface area (Å²) >= 11 is 0. The number of oxime groups is 1. The monoisotopic (exact) mass is 377 g/mol. The van der Waals surface area contributed by atoms with Crippen LogP contribution in [-0.4, -0.2) is 26.4 Å². The SMILES string of the molecule is Cc1cn(-c2ccc3c(N)ncc(/C(N)=N\O)c3c2)c2c1C(=O)CC(C)(C)C2. The van der Waals surface area contributed by atoms with Crippen LogP contribution < -0.4 is 11.5 Å². The first-order chi connectivity index (χ1) is 13.2. The van der Waals surface area contributed by atoms with Crippen LogP contribution in [-0.2, 0) is 6.42 Å². The number of anilines is 1. The fraction of sp³-hybridized carbons (Fsp3) is 0.286. The number of nitrogens with zero attached hydrogens (tertiary/aromatic N) is 3. The number of pyridine rings is 1. The Morgan fingerprint density at radius 3 is 2.75 bits per heavy atom. The van der Waals surface area contributed by atoms with Crippen molar-refractivity contribution in [1.29, 1.82) is 0 Å². The third kappa shape index (κ3) is 2.70. The first-order valence-corrected chi connectivity index (χ1v) is 9.12. The smallest absolute Gasteiger partial charge is 0.172 e. The van der Waals surface area contributed by atoms with Crippen LogP contribution in [0.15, 0.2) is 35.7 Å². The van der Waals surface area contributed by atoms with E-state index in [1.54, 1.807) is 0 Å². The number of carbonyl (C=O) groups is 1. The highest BCUT2D eigenvalue weighted by atomic mass is 16.4. The Labute approximate surface area is 162 Å². The van der Waals surface area contributed by atoms with Crippen LogP contribution in [0.5, 0.6) is 0 Å². The molecule has 2 aromatic heterocycles. The van der Waals surface area contributed by atoms with Crippen molar-refractivity contribution in [3.63, 3.8) is 0 Å². The lowest BCUT2D eigenvalue weighted by Gasteiger charge is -2.30. The second kappa shape index (κ2) is 6.09. The lowest BCUT2D eigenvalue weighted by Crippen LogP contribution is -2.28. The van der Waals surface area contributed by atoms with Gasteiger partial charge in [0.15, 0.2) is 11.6 Å². The molecule has 1 aliphatic carbocycles. The van der Waals surface area contributed by atoms with Gasteiger partial charge in [-0.3, -0.25) is 4.79 Å². The molecule has 1 aromatic carbocycles. The minimum Gasteiger partial charge on any atom is -0.409 e. The molecule has 1 aliphatic rings. The predicted molar refractivity (Wildman–Crippen MR) is 109 cm³/mol. The van der Waals surface area contributed by atoms with Crippen LogP contribution in [0.4, 0.5) is 5.82 Å². The normalized spacial score (nSPS) is 16.4. The molecule has 7 heteroatoms. The van der Waals surface area contributed by atoms with Crippen LogP contribution >= 0.6 is 0 Å². The summed E-state index contributed by atoms with van der Waals surface area (Å²) in [5.74, 6) is 0.531. The summed E-state index contributed by atoms with van der Waals surface area (Å²) < 4.78 is 2.07. The third-order valence-corrected chi connectivity index (χ3v) is 5.42. The Hall–Kier alpha value is -3.35. The Kier molecular flexibility index (Phi) is 3.92. The molecule has 5 N–H and O–H groups in total. The number of ketones is 1. The Bertz CT molecular complexity index is 1160. The zero-order valence-corrected chi connectivity index (χ0v) is 16.2. The first-order valence-electron chi connectivity index (χ1n) is 9.12. The number of aryl methyl sites for hydroxylation is 1. The molecular formula is C21H23N5O2. The quantitative estimate of drug-likeness (QED) is 0.274. The van der Waals surface area contributed by atoms with Gasteiger partial charge in [0, 0.05) is 52.1 Å². The number of carbonyl (C=O) groups excluding carboxylic acids is 1. The number of nitrogens with two attached hydrogens (primary N) is 2. The number of amidine groups is 1. The maximum absolute atomic E-state index is 12.7. The number of nitrogen functional groups attached to an aromatic ring is 1. The molecule has 3 aromatic rings. The molecule has 0 aliphatic heterocycles. The van der Waals surface area contributed by atoms with Gasteiger partial charge in [-0.15, -0.1) is 0 Å². The lowest BCUT2D eigenvalue weighted by atomic mass is 9.75. The van der Waals surface area contributed by atoms with Gasteiger partial charge in [0.2, 0.25) is 0 Å². The number of hydrogen-bond donors (Lipinski definition) is 3. The molecule has 2 heterocycles. The highest BCUT2D eigenvalue weighted by Crippen LogP contribution is 2.38. The molecule has 7 nitrogen and oxygen atoms in total. The number of aromatic nitrogens is 2. The van der Waals surface area contributed by atoms with Crippen LogP contribution in [0.25, 0.3) is 16.5 Å². The minimum absolute atomic E-state index is 0.0309. The van der Waals surface area contributed by atoms with E-state index >= 15 is 0 Å². The Morgan fingerprint density at radius 1 is 1.29 bits per heavy atom. The first kappa shape index (κ1) is 18.0. The number of hydrogen-bond acceptors (Lipinski definition) is 5. The van der Waals surface area contributed by atoms with E-state index in [2.05, 4.69) is 28.6 Å². The van der Waals surface area contributed by atoms with Crippen LogP contribution in [0.3, 0.4) is 0 Å². The summed E-state index contributed by atoms with van der Waals surface area (Å²) in [5.41, 5.74) is 16.0. The fourth-order valence-corrected chi connectivity index (χ4v) is 4.17. The predicted octanol–water partition coefficient (Wildman–Crippen LogP) is 3.17. The molecule has 0 amide bonds. The number of Topliss-reactive ketones (excluding diaryl/α,β-unsaturated/α-hetero) is 1. The van der Waals surface area contributed by atoms with Crippen molar-refractivity contribution in [2.45, 2.75) is 33.6 Å². The van der Waals surface area contributed by atoms with Crippen molar-refractivity contribution < 1.29 is 10.0 Å². The van der Waals surface area contributed by atoms with Gasteiger partial charge in [0.1, 0.15) is 5.82 Å². The van der Waals surface area contributed by atoms with Crippen molar-refractivity contribution in [3.05, 3.63) is 53.0 Å². The van der Waals surface area contributed by atoms with Crippen molar-refractivity contribution in [2.24, 2.45) is 16.3 Å². The van der Waals surface area contributed by atoms with Crippen LogP contribution in [0, 0.1) is 12.3 Å². The highest BCUT2D eigenvalue weighted by Gasteiger charge is 2.34. The van der Waals surface area contributed by atoms with E-state index in [1.165, 1.54) is 6.20 Å².